The van der Waals surface area contributed by atoms with Crippen molar-refractivity contribution in [2.24, 2.45) is 5.73 Å². The summed E-state index contributed by atoms with van der Waals surface area (Å²) in [7, 11) is 1.63. The Labute approximate surface area is 101 Å². The molecule has 4 nitrogen and oxygen atoms in total. The maximum absolute atomic E-state index is 10.3. The maximum atomic E-state index is 10.3. The van der Waals surface area contributed by atoms with Gasteiger partial charge in [-0.25, -0.2) is 0 Å². The smallest absolute Gasteiger partial charge is 0.303 e. The first-order valence-electron chi connectivity index (χ1n) is 5.75. The van der Waals surface area contributed by atoms with Crippen LogP contribution in [0.3, 0.4) is 0 Å². The molecule has 1 rings (SSSR count). The van der Waals surface area contributed by atoms with Crippen molar-refractivity contribution in [2.75, 3.05) is 7.11 Å². The Hall–Kier alpha value is -1.55. The molecule has 0 radical (unpaired) electrons. The molecular weight excluding hydrogens is 218 g/mol. The van der Waals surface area contributed by atoms with E-state index in [1.54, 1.807) is 7.11 Å². The number of carboxylic acids is 1. The Kier molecular flexibility index (Phi) is 5.49. The van der Waals surface area contributed by atoms with Crippen LogP contribution in [-0.4, -0.2) is 18.2 Å². The molecule has 0 aliphatic heterocycles. The first-order valence-corrected chi connectivity index (χ1v) is 5.75. The molecule has 0 aromatic heterocycles. The Balaban J connectivity index is 2.35. The quantitative estimate of drug-likeness (QED) is 0.714. The van der Waals surface area contributed by atoms with E-state index in [1.165, 1.54) is 0 Å². The van der Waals surface area contributed by atoms with Crippen LogP contribution >= 0.6 is 0 Å². The van der Waals surface area contributed by atoms with Gasteiger partial charge in [-0.3, -0.25) is 4.79 Å². The van der Waals surface area contributed by atoms with Gasteiger partial charge in [-0.05, 0) is 30.5 Å². The van der Waals surface area contributed by atoms with E-state index in [-0.39, 0.29) is 12.5 Å². The zero-order chi connectivity index (χ0) is 12.7. The number of hydrogen-bond acceptors (Lipinski definition) is 3. The molecule has 0 spiro atoms. The van der Waals surface area contributed by atoms with Crippen LogP contribution in [0, 0.1) is 0 Å². The fourth-order valence-corrected chi connectivity index (χ4v) is 1.66. The van der Waals surface area contributed by atoms with Crippen LogP contribution in [0.1, 0.15) is 37.3 Å². The average molecular weight is 237 g/mol. The predicted molar refractivity (Wildman–Crippen MR) is 66.0 cm³/mol. The topological polar surface area (TPSA) is 72.5 Å². The Bertz CT molecular complexity index is 348. The first kappa shape index (κ1) is 13.5. The summed E-state index contributed by atoms with van der Waals surface area (Å²) in [5.74, 6) is 0.0647. The van der Waals surface area contributed by atoms with Crippen LogP contribution in [0.2, 0.25) is 0 Å². The molecule has 0 aliphatic carbocycles. The Morgan fingerprint density at radius 2 is 2.00 bits per heavy atom. The third-order valence-corrected chi connectivity index (χ3v) is 2.70. The summed E-state index contributed by atoms with van der Waals surface area (Å²) in [5.41, 5.74) is 7.07. The lowest BCUT2D eigenvalue weighted by Gasteiger charge is -2.12. The van der Waals surface area contributed by atoms with Gasteiger partial charge in [0.2, 0.25) is 0 Å². The lowest BCUT2D eigenvalue weighted by Crippen LogP contribution is -2.10. The van der Waals surface area contributed by atoms with Gasteiger partial charge < -0.3 is 15.6 Å². The number of rotatable bonds is 7. The molecule has 0 aliphatic rings. The van der Waals surface area contributed by atoms with E-state index in [0.717, 1.165) is 24.2 Å². The van der Waals surface area contributed by atoms with Gasteiger partial charge in [-0.1, -0.05) is 18.6 Å². The van der Waals surface area contributed by atoms with Crippen LogP contribution in [0.15, 0.2) is 24.3 Å². The number of carbonyl (C=O) groups is 1. The van der Waals surface area contributed by atoms with E-state index >= 15 is 0 Å². The number of carboxylic acid groups (broad SMARTS) is 1. The van der Waals surface area contributed by atoms with Gasteiger partial charge in [-0.2, -0.15) is 0 Å². The highest BCUT2D eigenvalue weighted by atomic mass is 16.5. The second-order valence-corrected chi connectivity index (χ2v) is 4.02. The van der Waals surface area contributed by atoms with Crippen molar-refractivity contribution < 1.29 is 14.6 Å². The summed E-state index contributed by atoms with van der Waals surface area (Å²) >= 11 is 0. The molecule has 3 N–H and O–H groups in total. The van der Waals surface area contributed by atoms with Gasteiger partial charge >= 0.3 is 5.97 Å². The van der Waals surface area contributed by atoms with E-state index in [1.807, 2.05) is 24.3 Å². The highest BCUT2D eigenvalue weighted by molar-refractivity contribution is 5.66. The van der Waals surface area contributed by atoms with Crippen molar-refractivity contribution in [3.63, 3.8) is 0 Å². The monoisotopic (exact) mass is 237 g/mol. The summed E-state index contributed by atoms with van der Waals surface area (Å²) in [5, 5.41) is 8.51. The van der Waals surface area contributed by atoms with E-state index in [4.69, 9.17) is 15.6 Å². The van der Waals surface area contributed by atoms with E-state index in [2.05, 4.69) is 0 Å². The third-order valence-electron chi connectivity index (χ3n) is 2.70. The molecule has 0 saturated heterocycles. The molecule has 1 aromatic rings. The first-order chi connectivity index (χ1) is 8.13. The second kappa shape index (κ2) is 6.91. The van der Waals surface area contributed by atoms with Crippen LogP contribution in [-0.2, 0) is 4.79 Å². The van der Waals surface area contributed by atoms with Crippen LogP contribution < -0.4 is 10.5 Å². The molecular formula is C13H19NO3. The van der Waals surface area contributed by atoms with E-state index in [0.29, 0.717) is 6.42 Å². The van der Waals surface area contributed by atoms with Crippen molar-refractivity contribution in [1.82, 2.24) is 0 Å². The number of benzene rings is 1. The van der Waals surface area contributed by atoms with Crippen LogP contribution in [0.25, 0.3) is 0 Å². The Morgan fingerprint density at radius 3 is 2.53 bits per heavy atom. The Morgan fingerprint density at radius 1 is 1.35 bits per heavy atom. The summed E-state index contributed by atoms with van der Waals surface area (Å²) in [6.07, 6.45) is 2.54. The van der Waals surface area contributed by atoms with Crippen molar-refractivity contribution in [3.05, 3.63) is 29.8 Å². The van der Waals surface area contributed by atoms with Gasteiger partial charge in [0.25, 0.3) is 0 Å². The number of unbranched alkanes of at least 4 members (excludes halogenated alkanes) is 1. The predicted octanol–water partition coefficient (Wildman–Crippen LogP) is 2.34. The van der Waals surface area contributed by atoms with Crippen LogP contribution in [0.4, 0.5) is 0 Å². The SMILES string of the molecule is COc1ccc(C(N)CCCCC(=O)O)cc1. The summed E-state index contributed by atoms with van der Waals surface area (Å²) in [6, 6.07) is 7.62. The fraction of sp³-hybridized carbons (Fsp3) is 0.462. The number of nitrogens with two attached hydrogens (primary N) is 1. The van der Waals surface area contributed by atoms with Gasteiger partial charge in [0.05, 0.1) is 7.11 Å². The lowest BCUT2D eigenvalue weighted by molar-refractivity contribution is -0.137. The summed E-state index contributed by atoms with van der Waals surface area (Å²) in [4.78, 5) is 10.3. The van der Waals surface area contributed by atoms with E-state index < -0.39 is 5.97 Å². The zero-order valence-electron chi connectivity index (χ0n) is 10.1. The summed E-state index contributed by atoms with van der Waals surface area (Å²) < 4.78 is 5.07. The molecule has 1 aromatic carbocycles. The lowest BCUT2D eigenvalue weighted by atomic mass is 10.0. The van der Waals surface area contributed by atoms with Crippen molar-refractivity contribution >= 4 is 5.97 Å². The molecule has 4 heteroatoms. The van der Waals surface area contributed by atoms with Crippen molar-refractivity contribution in [3.8, 4) is 5.75 Å². The van der Waals surface area contributed by atoms with Gasteiger partial charge in [0.15, 0.2) is 0 Å². The minimum absolute atomic E-state index is 0.0327. The van der Waals surface area contributed by atoms with Gasteiger partial charge in [0, 0.05) is 12.5 Å². The molecule has 17 heavy (non-hydrogen) atoms. The van der Waals surface area contributed by atoms with Crippen LogP contribution in [0.5, 0.6) is 5.75 Å². The fourth-order valence-electron chi connectivity index (χ4n) is 1.66. The van der Waals surface area contributed by atoms with Gasteiger partial charge in [0.1, 0.15) is 5.75 Å². The van der Waals surface area contributed by atoms with Crippen molar-refractivity contribution in [1.29, 1.82) is 0 Å². The highest BCUT2D eigenvalue weighted by Crippen LogP contribution is 2.20. The number of methoxy groups -OCH3 is 1. The molecule has 0 amide bonds. The minimum Gasteiger partial charge on any atom is -0.497 e. The minimum atomic E-state index is -0.747. The normalized spacial score (nSPS) is 12.1. The number of aliphatic carboxylic acids is 1. The second-order valence-electron chi connectivity index (χ2n) is 4.02. The number of hydrogen-bond donors (Lipinski definition) is 2. The zero-order valence-corrected chi connectivity index (χ0v) is 10.1. The van der Waals surface area contributed by atoms with E-state index in [9.17, 15) is 4.79 Å². The molecule has 0 fully saturated rings. The molecule has 0 heterocycles. The largest absolute Gasteiger partial charge is 0.497 e. The molecule has 1 atom stereocenters. The molecule has 0 saturated carbocycles. The summed E-state index contributed by atoms with van der Waals surface area (Å²) in [6.45, 7) is 0. The molecule has 1 unspecified atom stereocenters. The van der Waals surface area contributed by atoms with Gasteiger partial charge in [-0.15, -0.1) is 0 Å². The molecule has 0 bridgehead atoms. The third kappa shape index (κ3) is 4.87. The molecule has 94 valence electrons. The average Bonchev–Trinajstić information content (AvgIpc) is 2.34. The number of ether oxygens (including phenoxy) is 1. The highest BCUT2D eigenvalue weighted by Gasteiger charge is 2.06. The standard InChI is InChI=1S/C13H19NO3/c1-17-11-8-6-10(7-9-11)12(14)4-2-3-5-13(15)16/h6-9,12H,2-5,14H2,1H3,(H,15,16). The maximum Gasteiger partial charge on any atom is 0.303 e. The van der Waals surface area contributed by atoms with Crippen molar-refractivity contribution in [2.45, 2.75) is 31.7 Å².